The van der Waals surface area contributed by atoms with E-state index >= 15 is 0 Å². The molecule has 1 heterocycles. The predicted molar refractivity (Wildman–Crippen MR) is 89.9 cm³/mol. The van der Waals surface area contributed by atoms with Crippen molar-refractivity contribution in [2.24, 2.45) is 0 Å². The summed E-state index contributed by atoms with van der Waals surface area (Å²) in [4.78, 5) is 37.9. The Morgan fingerprint density at radius 3 is 2.48 bits per heavy atom. The highest BCUT2D eigenvalue weighted by molar-refractivity contribution is 7.13. The predicted octanol–water partition coefficient (Wildman–Crippen LogP) is 1.87. The number of hydrogen-bond donors (Lipinski definition) is 3. The molecular weight excluding hydrogens is 348 g/mol. The van der Waals surface area contributed by atoms with E-state index < -0.39 is 30.3 Å². The molecule has 0 bridgehead atoms. The van der Waals surface area contributed by atoms with E-state index in [0.29, 0.717) is 11.6 Å². The van der Waals surface area contributed by atoms with E-state index in [1.54, 1.807) is 24.3 Å². The molecule has 1 unspecified atom stereocenters. The fourth-order valence-corrected chi connectivity index (χ4v) is 2.78. The molecule has 0 saturated heterocycles. The first kappa shape index (κ1) is 18.4. The average Bonchev–Trinajstić information content (AvgIpc) is 3.05. The van der Waals surface area contributed by atoms with Crippen LogP contribution in [0.5, 0.6) is 5.75 Å². The smallest absolute Gasteiger partial charge is 0.326 e. The Balaban J connectivity index is 2.10. The zero-order valence-corrected chi connectivity index (χ0v) is 14.1. The van der Waals surface area contributed by atoms with Gasteiger partial charge < -0.3 is 20.3 Å². The molecule has 1 aromatic carbocycles. The molecule has 1 aromatic heterocycles. The highest BCUT2D eigenvalue weighted by Crippen LogP contribution is 2.25. The highest BCUT2D eigenvalue weighted by atomic mass is 32.1. The van der Waals surface area contributed by atoms with Crippen molar-refractivity contribution in [1.82, 2.24) is 10.3 Å². The summed E-state index contributed by atoms with van der Waals surface area (Å²) in [5.74, 6) is -2.75. The van der Waals surface area contributed by atoms with Gasteiger partial charge in [-0.05, 0) is 31.2 Å². The Morgan fingerprint density at radius 1 is 1.24 bits per heavy atom. The Morgan fingerprint density at radius 2 is 1.92 bits per heavy atom. The van der Waals surface area contributed by atoms with Crippen molar-refractivity contribution in [2.45, 2.75) is 19.4 Å². The van der Waals surface area contributed by atoms with Gasteiger partial charge in [0.25, 0.3) is 5.91 Å². The number of carbonyl (C=O) groups is 3. The molecule has 0 radical (unpaired) electrons. The number of aromatic nitrogens is 1. The third-order valence-electron chi connectivity index (χ3n) is 3.13. The molecular formula is C16H16N2O6S. The number of carboxylic acid groups (broad SMARTS) is 2. The Labute approximate surface area is 147 Å². The number of carboxylic acids is 2. The maximum Gasteiger partial charge on any atom is 0.326 e. The molecule has 25 heavy (non-hydrogen) atoms. The number of carbonyl (C=O) groups excluding carboxylic acids is 1. The van der Waals surface area contributed by atoms with Gasteiger partial charge in [0.1, 0.15) is 22.5 Å². The number of amides is 1. The zero-order valence-electron chi connectivity index (χ0n) is 13.3. The van der Waals surface area contributed by atoms with Crippen LogP contribution in [0.25, 0.3) is 10.6 Å². The summed E-state index contributed by atoms with van der Waals surface area (Å²) in [6.07, 6.45) is -0.711. The topological polar surface area (TPSA) is 126 Å². The van der Waals surface area contributed by atoms with Gasteiger partial charge in [0, 0.05) is 10.9 Å². The van der Waals surface area contributed by atoms with Crippen LogP contribution in [0.2, 0.25) is 0 Å². The lowest BCUT2D eigenvalue weighted by Gasteiger charge is -2.10. The SMILES string of the molecule is CCOc1ccc(-c2nc(C(=O)NC(CC(=O)O)C(=O)O)cs2)cc1. The van der Waals surface area contributed by atoms with Crippen molar-refractivity contribution in [1.29, 1.82) is 0 Å². The first-order valence-electron chi connectivity index (χ1n) is 7.35. The Bertz CT molecular complexity index is 771. The Kier molecular flexibility index (Phi) is 6.07. The van der Waals surface area contributed by atoms with Crippen molar-refractivity contribution >= 4 is 29.2 Å². The molecule has 0 aliphatic carbocycles. The lowest BCUT2D eigenvalue weighted by atomic mass is 10.2. The number of nitrogens with one attached hydrogen (secondary N) is 1. The van der Waals surface area contributed by atoms with Crippen molar-refractivity contribution in [3.8, 4) is 16.3 Å². The summed E-state index contributed by atoms with van der Waals surface area (Å²) in [6.45, 7) is 2.44. The lowest BCUT2D eigenvalue weighted by Crippen LogP contribution is -2.42. The second kappa shape index (κ2) is 8.25. The number of benzene rings is 1. The number of hydrogen-bond acceptors (Lipinski definition) is 6. The van der Waals surface area contributed by atoms with Crippen LogP contribution in [0, 0.1) is 0 Å². The third-order valence-corrected chi connectivity index (χ3v) is 4.02. The number of nitrogens with zero attached hydrogens (tertiary/aromatic N) is 1. The van der Waals surface area contributed by atoms with E-state index in [0.717, 1.165) is 11.3 Å². The van der Waals surface area contributed by atoms with Gasteiger partial charge in [0.05, 0.1) is 13.0 Å². The van der Waals surface area contributed by atoms with Crippen LogP contribution >= 0.6 is 11.3 Å². The first-order chi connectivity index (χ1) is 11.9. The van der Waals surface area contributed by atoms with Crippen molar-refractivity contribution in [3.63, 3.8) is 0 Å². The summed E-state index contributed by atoms with van der Waals surface area (Å²) in [5.41, 5.74) is 0.818. The molecule has 2 rings (SSSR count). The van der Waals surface area contributed by atoms with Crippen LogP contribution in [-0.4, -0.2) is 45.7 Å². The van der Waals surface area contributed by atoms with Crippen LogP contribution in [0.4, 0.5) is 0 Å². The largest absolute Gasteiger partial charge is 0.494 e. The van der Waals surface area contributed by atoms with E-state index in [1.165, 1.54) is 16.7 Å². The van der Waals surface area contributed by atoms with Crippen LogP contribution in [0.3, 0.4) is 0 Å². The zero-order chi connectivity index (χ0) is 18.4. The summed E-state index contributed by atoms with van der Waals surface area (Å²) >= 11 is 1.22. The van der Waals surface area contributed by atoms with Crippen LogP contribution in [-0.2, 0) is 9.59 Å². The van der Waals surface area contributed by atoms with E-state index in [2.05, 4.69) is 10.3 Å². The average molecular weight is 364 g/mol. The fourth-order valence-electron chi connectivity index (χ4n) is 1.98. The minimum absolute atomic E-state index is 0.0329. The minimum atomic E-state index is -1.51. The van der Waals surface area contributed by atoms with E-state index in [-0.39, 0.29) is 5.69 Å². The van der Waals surface area contributed by atoms with E-state index in [1.807, 2.05) is 6.92 Å². The van der Waals surface area contributed by atoms with Crippen LogP contribution < -0.4 is 10.1 Å². The summed E-state index contributed by atoms with van der Waals surface area (Å²) in [5, 5.41) is 21.9. The number of ether oxygens (including phenoxy) is 1. The molecule has 9 heteroatoms. The van der Waals surface area contributed by atoms with Gasteiger partial charge in [0.2, 0.25) is 0 Å². The molecule has 8 nitrogen and oxygen atoms in total. The quantitative estimate of drug-likeness (QED) is 0.653. The maximum atomic E-state index is 12.1. The van der Waals surface area contributed by atoms with Gasteiger partial charge in [0.15, 0.2) is 0 Å². The standard InChI is InChI=1S/C16H16N2O6S/c1-2-24-10-5-3-9(4-6-10)15-18-12(8-25-15)14(21)17-11(16(22)23)7-13(19)20/h3-6,8,11H,2,7H2,1H3,(H,17,21)(H,19,20)(H,22,23). The van der Waals surface area contributed by atoms with E-state index in [4.69, 9.17) is 14.9 Å². The van der Waals surface area contributed by atoms with Crippen LogP contribution in [0.15, 0.2) is 29.6 Å². The second-order valence-corrected chi connectivity index (χ2v) is 5.82. The number of thiazole rings is 1. The van der Waals surface area contributed by atoms with Gasteiger partial charge in [-0.15, -0.1) is 11.3 Å². The third kappa shape index (κ3) is 5.01. The molecule has 0 fully saturated rings. The summed E-state index contributed by atoms with van der Waals surface area (Å²) in [6, 6.07) is 5.66. The molecule has 0 aliphatic rings. The maximum absolute atomic E-state index is 12.1. The summed E-state index contributed by atoms with van der Waals surface area (Å²) < 4.78 is 5.35. The number of rotatable bonds is 8. The van der Waals surface area contributed by atoms with Gasteiger partial charge in [-0.3, -0.25) is 9.59 Å². The highest BCUT2D eigenvalue weighted by Gasteiger charge is 2.24. The fraction of sp³-hybridized carbons (Fsp3) is 0.250. The van der Waals surface area contributed by atoms with Crippen molar-refractivity contribution in [2.75, 3.05) is 6.61 Å². The molecule has 0 saturated carbocycles. The molecule has 1 amide bonds. The second-order valence-electron chi connectivity index (χ2n) is 4.96. The minimum Gasteiger partial charge on any atom is -0.494 e. The van der Waals surface area contributed by atoms with Crippen molar-refractivity contribution < 1.29 is 29.3 Å². The molecule has 2 aromatic rings. The van der Waals surface area contributed by atoms with E-state index in [9.17, 15) is 14.4 Å². The lowest BCUT2D eigenvalue weighted by molar-refractivity contribution is -0.145. The first-order valence-corrected chi connectivity index (χ1v) is 8.23. The normalized spacial score (nSPS) is 11.6. The van der Waals surface area contributed by atoms with Gasteiger partial charge in [-0.2, -0.15) is 0 Å². The molecule has 0 aliphatic heterocycles. The van der Waals surface area contributed by atoms with Gasteiger partial charge >= 0.3 is 11.9 Å². The van der Waals surface area contributed by atoms with Gasteiger partial charge in [-0.25, -0.2) is 9.78 Å². The van der Waals surface area contributed by atoms with Crippen LogP contribution in [0.1, 0.15) is 23.8 Å². The molecule has 1 atom stereocenters. The number of aliphatic carboxylic acids is 2. The molecule has 132 valence electrons. The molecule has 0 spiro atoms. The Hall–Kier alpha value is -2.94. The van der Waals surface area contributed by atoms with Gasteiger partial charge in [-0.1, -0.05) is 0 Å². The van der Waals surface area contributed by atoms with Crippen molar-refractivity contribution in [3.05, 3.63) is 35.3 Å². The monoisotopic (exact) mass is 364 g/mol. The molecule has 3 N–H and O–H groups in total. The summed E-state index contributed by atoms with van der Waals surface area (Å²) in [7, 11) is 0.